The van der Waals surface area contributed by atoms with Gasteiger partial charge in [-0.05, 0) is 36.4 Å². The van der Waals surface area contributed by atoms with Gasteiger partial charge < -0.3 is 15.5 Å². The monoisotopic (exact) mass is 358 g/mol. The minimum absolute atomic E-state index is 0.138. The summed E-state index contributed by atoms with van der Waals surface area (Å²) in [6, 6.07) is 7.22. The molecule has 0 spiro atoms. The molecule has 2 amide bonds. The number of thiophene rings is 1. The highest BCUT2D eigenvalue weighted by Crippen LogP contribution is 2.27. The van der Waals surface area contributed by atoms with Crippen molar-refractivity contribution in [3.63, 3.8) is 0 Å². The Hall–Kier alpha value is -2.41. The Balaban J connectivity index is 1.70. The van der Waals surface area contributed by atoms with Crippen LogP contribution in [0.25, 0.3) is 0 Å². The molecule has 0 aromatic carbocycles. The van der Waals surface area contributed by atoms with E-state index in [1.165, 1.54) is 18.3 Å². The maximum atomic E-state index is 12.6. The van der Waals surface area contributed by atoms with Crippen LogP contribution in [0.3, 0.4) is 0 Å². The van der Waals surface area contributed by atoms with Gasteiger partial charge in [0.15, 0.2) is 5.82 Å². The van der Waals surface area contributed by atoms with Crippen molar-refractivity contribution >= 4 is 34.7 Å². The lowest BCUT2D eigenvalue weighted by atomic mass is 10.1. The molecule has 3 heterocycles. The van der Waals surface area contributed by atoms with Gasteiger partial charge in [0.25, 0.3) is 0 Å². The van der Waals surface area contributed by atoms with Gasteiger partial charge in [-0.15, -0.1) is 11.3 Å². The summed E-state index contributed by atoms with van der Waals surface area (Å²) in [6.45, 7) is 3.39. The highest BCUT2D eigenvalue weighted by Gasteiger charge is 2.21. The molecule has 6 nitrogen and oxygen atoms in total. The molecule has 25 heavy (non-hydrogen) atoms. The lowest BCUT2D eigenvalue weighted by Crippen LogP contribution is -2.29. The Labute approximate surface area is 151 Å². The van der Waals surface area contributed by atoms with Crippen molar-refractivity contribution < 1.29 is 9.59 Å². The zero-order valence-electron chi connectivity index (χ0n) is 14.2. The van der Waals surface area contributed by atoms with Crippen LogP contribution >= 0.6 is 11.3 Å². The summed E-state index contributed by atoms with van der Waals surface area (Å²) in [5, 5.41) is 7.76. The highest BCUT2D eigenvalue weighted by molar-refractivity contribution is 7.10. The minimum atomic E-state index is -0.315. The predicted octanol–water partition coefficient (Wildman–Crippen LogP) is 2.95. The van der Waals surface area contributed by atoms with E-state index in [9.17, 15) is 9.59 Å². The van der Waals surface area contributed by atoms with Crippen LogP contribution in [0.5, 0.6) is 0 Å². The number of carbonyl (C=O) groups is 2. The van der Waals surface area contributed by atoms with Crippen molar-refractivity contribution in [2.45, 2.75) is 32.2 Å². The van der Waals surface area contributed by atoms with Crippen LogP contribution in [0.2, 0.25) is 0 Å². The summed E-state index contributed by atoms with van der Waals surface area (Å²) in [4.78, 5) is 31.6. The molecule has 1 fully saturated rings. The molecular weight excluding hydrogens is 336 g/mol. The molecule has 3 rings (SSSR count). The first-order chi connectivity index (χ1) is 12.1. The van der Waals surface area contributed by atoms with Crippen molar-refractivity contribution in [2.24, 2.45) is 0 Å². The van der Waals surface area contributed by atoms with E-state index in [0.29, 0.717) is 0 Å². The van der Waals surface area contributed by atoms with Crippen LogP contribution in [0.1, 0.15) is 37.1 Å². The number of pyridine rings is 1. The van der Waals surface area contributed by atoms with Gasteiger partial charge in [-0.3, -0.25) is 9.59 Å². The van der Waals surface area contributed by atoms with Crippen LogP contribution < -0.4 is 15.5 Å². The van der Waals surface area contributed by atoms with Gasteiger partial charge in [-0.2, -0.15) is 0 Å². The lowest BCUT2D eigenvalue weighted by Gasteiger charge is -2.21. The van der Waals surface area contributed by atoms with E-state index in [0.717, 1.165) is 42.3 Å². The van der Waals surface area contributed by atoms with Crippen LogP contribution in [-0.2, 0) is 9.59 Å². The molecule has 2 aromatic heterocycles. The second-order valence-electron chi connectivity index (χ2n) is 6.09. The minimum Gasteiger partial charge on any atom is -0.355 e. The van der Waals surface area contributed by atoms with Crippen molar-refractivity contribution in [1.82, 2.24) is 10.3 Å². The van der Waals surface area contributed by atoms with E-state index < -0.39 is 0 Å². The van der Waals surface area contributed by atoms with Gasteiger partial charge in [0.2, 0.25) is 11.8 Å². The molecule has 1 aliphatic heterocycles. The third-order valence-electron chi connectivity index (χ3n) is 4.12. The van der Waals surface area contributed by atoms with E-state index in [-0.39, 0.29) is 24.3 Å². The molecule has 2 aromatic rings. The molecule has 1 atom stereocenters. The second kappa shape index (κ2) is 8.11. The molecule has 2 N–H and O–H groups in total. The fourth-order valence-electron chi connectivity index (χ4n) is 3.02. The van der Waals surface area contributed by atoms with Gasteiger partial charge in [-0.25, -0.2) is 4.98 Å². The van der Waals surface area contributed by atoms with Gasteiger partial charge in [0, 0.05) is 31.1 Å². The molecule has 0 aliphatic carbocycles. The molecule has 0 radical (unpaired) electrons. The zero-order valence-corrected chi connectivity index (χ0v) is 15.0. The number of nitrogens with zero attached hydrogens (tertiary/aromatic N) is 2. The molecule has 0 saturated carbocycles. The van der Waals surface area contributed by atoms with Gasteiger partial charge in [-0.1, -0.05) is 6.07 Å². The largest absolute Gasteiger partial charge is 0.355 e. The Kier molecular flexibility index (Phi) is 5.65. The van der Waals surface area contributed by atoms with E-state index in [1.54, 1.807) is 6.20 Å². The standard InChI is InChI=1S/C18H22N4O2S/c1-13(23)20-15(16-7-5-11-25-16)12-17(24)21-14-6-4-8-19-18(14)22-9-2-3-10-22/h4-8,11,15H,2-3,9-10,12H2,1H3,(H,20,23)(H,21,24). The number of nitrogens with one attached hydrogen (secondary N) is 2. The smallest absolute Gasteiger partial charge is 0.226 e. The summed E-state index contributed by atoms with van der Waals surface area (Å²) in [5.41, 5.74) is 0.724. The number of aromatic nitrogens is 1. The molecule has 1 unspecified atom stereocenters. The Morgan fingerprint density at radius 2 is 2.08 bits per heavy atom. The Bertz CT molecular complexity index is 726. The zero-order chi connectivity index (χ0) is 17.6. The summed E-state index contributed by atoms with van der Waals surface area (Å²) < 4.78 is 0. The van der Waals surface area contributed by atoms with Gasteiger partial charge >= 0.3 is 0 Å². The quantitative estimate of drug-likeness (QED) is 0.833. The maximum Gasteiger partial charge on any atom is 0.226 e. The first-order valence-corrected chi connectivity index (χ1v) is 9.32. The Morgan fingerprint density at radius 3 is 2.76 bits per heavy atom. The molecular formula is C18H22N4O2S. The number of anilines is 2. The SMILES string of the molecule is CC(=O)NC(CC(=O)Nc1cccnc1N1CCCC1)c1cccs1. The third-order valence-corrected chi connectivity index (χ3v) is 5.11. The van der Waals surface area contributed by atoms with Crippen molar-refractivity contribution in [3.8, 4) is 0 Å². The van der Waals surface area contributed by atoms with Crippen molar-refractivity contribution in [2.75, 3.05) is 23.3 Å². The topological polar surface area (TPSA) is 74.3 Å². The van der Waals surface area contributed by atoms with Crippen LogP contribution in [0, 0.1) is 0 Å². The Morgan fingerprint density at radius 1 is 1.28 bits per heavy atom. The molecule has 0 bridgehead atoms. The van der Waals surface area contributed by atoms with E-state index in [1.807, 2.05) is 29.6 Å². The van der Waals surface area contributed by atoms with Crippen molar-refractivity contribution in [3.05, 3.63) is 40.7 Å². The van der Waals surface area contributed by atoms with Crippen LogP contribution in [-0.4, -0.2) is 29.9 Å². The molecule has 1 saturated heterocycles. The highest BCUT2D eigenvalue weighted by atomic mass is 32.1. The number of amides is 2. The average molecular weight is 358 g/mol. The van der Waals surface area contributed by atoms with Crippen molar-refractivity contribution in [1.29, 1.82) is 0 Å². The fourth-order valence-corrected chi connectivity index (χ4v) is 3.80. The maximum absolute atomic E-state index is 12.6. The predicted molar refractivity (Wildman–Crippen MR) is 99.8 cm³/mol. The first-order valence-electron chi connectivity index (χ1n) is 8.44. The van der Waals surface area contributed by atoms with E-state index in [2.05, 4.69) is 20.5 Å². The summed E-state index contributed by atoms with van der Waals surface area (Å²) in [6.07, 6.45) is 4.23. The normalized spacial score (nSPS) is 15.0. The van der Waals surface area contributed by atoms with Crippen LogP contribution in [0.15, 0.2) is 35.8 Å². The average Bonchev–Trinajstić information content (AvgIpc) is 3.28. The lowest BCUT2D eigenvalue weighted by molar-refractivity contribution is -0.120. The molecule has 1 aliphatic rings. The summed E-state index contributed by atoms with van der Waals surface area (Å²) >= 11 is 1.53. The number of hydrogen-bond donors (Lipinski definition) is 2. The summed E-state index contributed by atoms with van der Waals surface area (Å²) in [5.74, 6) is 0.534. The van der Waals surface area contributed by atoms with Crippen LogP contribution in [0.4, 0.5) is 11.5 Å². The van der Waals surface area contributed by atoms with Gasteiger partial charge in [0.05, 0.1) is 18.2 Å². The summed E-state index contributed by atoms with van der Waals surface area (Å²) in [7, 11) is 0. The second-order valence-corrected chi connectivity index (χ2v) is 7.07. The van der Waals surface area contributed by atoms with Gasteiger partial charge in [0.1, 0.15) is 0 Å². The molecule has 7 heteroatoms. The molecule has 132 valence electrons. The number of rotatable bonds is 6. The first kappa shape index (κ1) is 17.4. The third kappa shape index (κ3) is 4.57. The van der Waals surface area contributed by atoms with E-state index >= 15 is 0 Å². The fraction of sp³-hybridized carbons (Fsp3) is 0.389. The number of carbonyl (C=O) groups excluding carboxylic acids is 2. The number of hydrogen-bond acceptors (Lipinski definition) is 5. The van der Waals surface area contributed by atoms with E-state index in [4.69, 9.17) is 0 Å².